The van der Waals surface area contributed by atoms with Gasteiger partial charge in [0.25, 0.3) is 6.43 Å². The van der Waals surface area contributed by atoms with Crippen molar-refractivity contribution in [2.24, 2.45) is 0 Å². The first-order valence-electron chi connectivity index (χ1n) is 4.86. The summed E-state index contributed by atoms with van der Waals surface area (Å²) in [5.74, 6) is -0.794. The van der Waals surface area contributed by atoms with Crippen LogP contribution in [0, 0.1) is 11.3 Å². The Balaban J connectivity index is 3.30. The highest BCUT2D eigenvalue weighted by molar-refractivity contribution is 5.72. The minimum absolute atomic E-state index is 0.0965. The number of methoxy groups -OCH3 is 2. The molecular weight excluding hydrogens is 246 g/mol. The van der Waals surface area contributed by atoms with Crippen LogP contribution in [-0.4, -0.2) is 25.2 Å². The Bertz CT molecular complexity index is 498. The number of alkyl halides is 2. The highest BCUT2D eigenvalue weighted by Crippen LogP contribution is 2.27. The van der Waals surface area contributed by atoms with Crippen LogP contribution in [0.3, 0.4) is 0 Å². The van der Waals surface area contributed by atoms with E-state index in [1.54, 1.807) is 6.07 Å². The van der Waals surface area contributed by atoms with Gasteiger partial charge in [-0.2, -0.15) is 5.26 Å². The number of halogens is 2. The molecule has 5 nitrogen and oxygen atoms in total. The molecular formula is C11H10F2N2O3. The minimum Gasteiger partial charge on any atom is -0.480 e. The largest absolute Gasteiger partial charge is 0.480 e. The highest BCUT2D eigenvalue weighted by atomic mass is 19.3. The minimum atomic E-state index is -2.84. The summed E-state index contributed by atoms with van der Waals surface area (Å²) in [4.78, 5) is 14.8. The normalized spacial score (nSPS) is 10.0. The van der Waals surface area contributed by atoms with E-state index in [2.05, 4.69) is 9.72 Å². The lowest BCUT2D eigenvalue weighted by Gasteiger charge is -2.10. The van der Waals surface area contributed by atoms with Crippen molar-refractivity contribution in [1.29, 1.82) is 5.26 Å². The molecule has 1 rings (SSSR count). The predicted octanol–water partition coefficient (Wildman–Crippen LogP) is 1.61. The molecule has 18 heavy (non-hydrogen) atoms. The van der Waals surface area contributed by atoms with Crippen molar-refractivity contribution in [2.45, 2.75) is 12.8 Å². The Kier molecular flexibility index (Phi) is 4.54. The van der Waals surface area contributed by atoms with Gasteiger partial charge in [-0.3, -0.25) is 4.79 Å². The van der Waals surface area contributed by atoms with E-state index in [1.807, 2.05) is 0 Å². The first-order valence-corrected chi connectivity index (χ1v) is 4.86. The number of nitriles is 1. The summed E-state index contributed by atoms with van der Waals surface area (Å²) in [5.41, 5.74) is -0.744. The lowest BCUT2D eigenvalue weighted by Crippen LogP contribution is -2.10. The van der Waals surface area contributed by atoms with Crippen molar-refractivity contribution in [1.82, 2.24) is 4.98 Å². The van der Waals surface area contributed by atoms with Gasteiger partial charge in [-0.25, -0.2) is 13.8 Å². The molecule has 0 aromatic carbocycles. The van der Waals surface area contributed by atoms with Crippen molar-refractivity contribution in [3.63, 3.8) is 0 Å². The number of carbonyl (C=O) groups is 1. The van der Waals surface area contributed by atoms with Gasteiger partial charge in [0.15, 0.2) is 0 Å². The number of ether oxygens (including phenoxy) is 2. The zero-order chi connectivity index (χ0) is 13.7. The van der Waals surface area contributed by atoms with Crippen LogP contribution in [0.5, 0.6) is 5.88 Å². The van der Waals surface area contributed by atoms with E-state index in [-0.39, 0.29) is 17.1 Å². The van der Waals surface area contributed by atoms with Crippen molar-refractivity contribution in [3.05, 3.63) is 22.9 Å². The summed E-state index contributed by atoms with van der Waals surface area (Å²) in [7, 11) is 2.40. The molecule has 1 aromatic rings. The molecule has 0 unspecified atom stereocenters. The van der Waals surface area contributed by atoms with Crippen LogP contribution in [0.2, 0.25) is 0 Å². The maximum atomic E-state index is 12.8. The molecule has 0 aliphatic heterocycles. The van der Waals surface area contributed by atoms with Gasteiger partial charge < -0.3 is 9.47 Å². The van der Waals surface area contributed by atoms with Gasteiger partial charge in [0.2, 0.25) is 5.88 Å². The Labute approximate surface area is 102 Å². The third-order valence-electron chi connectivity index (χ3n) is 2.19. The molecule has 0 bridgehead atoms. The summed E-state index contributed by atoms with van der Waals surface area (Å²) >= 11 is 0. The molecule has 96 valence electrons. The van der Waals surface area contributed by atoms with Crippen LogP contribution >= 0.6 is 0 Å². The summed E-state index contributed by atoms with van der Waals surface area (Å²) < 4.78 is 34.8. The van der Waals surface area contributed by atoms with Crippen molar-refractivity contribution >= 4 is 5.97 Å². The van der Waals surface area contributed by atoms with Gasteiger partial charge in [-0.15, -0.1) is 0 Å². The fourth-order valence-corrected chi connectivity index (χ4v) is 1.32. The Morgan fingerprint density at radius 1 is 1.56 bits per heavy atom. The van der Waals surface area contributed by atoms with Gasteiger partial charge >= 0.3 is 5.97 Å². The molecule has 0 fully saturated rings. The maximum Gasteiger partial charge on any atom is 0.311 e. The van der Waals surface area contributed by atoms with Crippen molar-refractivity contribution < 1.29 is 23.0 Å². The molecule has 0 amide bonds. The SMILES string of the molecule is COC(=O)Cc1nc(OC)c(C#N)cc1C(F)F. The molecule has 0 aliphatic carbocycles. The van der Waals surface area contributed by atoms with Gasteiger partial charge in [0.05, 0.1) is 26.3 Å². The average Bonchev–Trinajstić information content (AvgIpc) is 2.37. The third-order valence-corrected chi connectivity index (χ3v) is 2.19. The number of nitrogens with zero attached hydrogens (tertiary/aromatic N) is 2. The van der Waals surface area contributed by atoms with Gasteiger partial charge in [-0.1, -0.05) is 0 Å². The lowest BCUT2D eigenvalue weighted by atomic mass is 10.1. The fraction of sp³-hybridized carbons (Fsp3) is 0.364. The summed E-state index contributed by atoms with van der Waals surface area (Å²) in [6, 6.07) is 2.67. The van der Waals surface area contributed by atoms with Crippen LogP contribution in [0.1, 0.15) is 23.2 Å². The van der Waals surface area contributed by atoms with Crippen LogP contribution in [-0.2, 0) is 16.0 Å². The summed E-state index contributed by atoms with van der Waals surface area (Å²) in [6.45, 7) is 0. The van der Waals surface area contributed by atoms with E-state index in [0.717, 1.165) is 13.2 Å². The molecule has 0 saturated carbocycles. The maximum absolute atomic E-state index is 12.8. The zero-order valence-electron chi connectivity index (χ0n) is 9.74. The van der Waals surface area contributed by atoms with Gasteiger partial charge in [0.1, 0.15) is 11.6 Å². The van der Waals surface area contributed by atoms with E-state index in [0.29, 0.717) is 0 Å². The first kappa shape index (κ1) is 13.8. The Morgan fingerprint density at radius 2 is 2.22 bits per heavy atom. The number of esters is 1. The molecule has 0 N–H and O–H groups in total. The monoisotopic (exact) mass is 256 g/mol. The van der Waals surface area contributed by atoms with Crippen LogP contribution in [0.25, 0.3) is 0 Å². The number of rotatable bonds is 4. The van der Waals surface area contributed by atoms with Crippen molar-refractivity contribution in [2.75, 3.05) is 14.2 Å². The number of aromatic nitrogens is 1. The third kappa shape index (κ3) is 2.91. The smallest absolute Gasteiger partial charge is 0.311 e. The molecule has 0 atom stereocenters. The quantitative estimate of drug-likeness (QED) is 0.765. The van der Waals surface area contributed by atoms with Gasteiger partial charge in [-0.05, 0) is 6.07 Å². The topological polar surface area (TPSA) is 72.2 Å². The zero-order valence-corrected chi connectivity index (χ0v) is 9.74. The van der Waals surface area contributed by atoms with Crippen LogP contribution < -0.4 is 4.74 Å². The van der Waals surface area contributed by atoms with Crippen LogP contribution in [0.15, 0.2) is 6.07 Å². The molecule has 1 aromatic heterocycles. The Morgan fingerprint density at radius 3 is 2.67 bits per heavy atom. The summed E-state index contributed by atoms with van der Waals surface area (Å²) in [6.07, 6.45) is -3.24. The van der Waals surface area contributed by atoms with Crippen LogP contribution in [0.4, 0.5) is 8.78 Å². The van der Waals surface area contributed by atoms with E-state index in [1.165, 1.54) is 7.11 Å². The molecule has 0 spiro atoms. The predicted molar refractivity (Wildman–Crippen MR) is 56.2 cm³/mol. The first-order chi connectivity index (χ1) is 8.53. The fourth-order valence-electron chi connectivity index (χ4n) is 1.32. The number of hydrogen-bond acceptors (Lipinski definition) is 5. The van der Waals surface area contributed by atoms with E-state index < -0.39 is 24.4 Å². The number of pyridine rings is 1. The average molecular weight is 256 g/mol. The molecule has 0 saturated heterocycles. The molecule has 1 heterocycles. The second kappa shape index (κ2) is 5.91. The lowest BCUT2D eigenvalue weighted by molar-refractivity contribution is -0.139. The van der Waals surface area contributed by atoms with Gasteiger partial charge in [0, 0.05) is 5.56 Å². The second-order valence-electron chi connectivity index (χ2n) is 3.25. The van der Waals surface area contributed by atoms with Crippen molar-refractivity contribution in [3.8, 4) is 11.9 Å². The van der Waals surface area contributed by atoms with E-state index >= 15 is 0 Å². The highest BCUT2D eigenvalue weighted by Gasteiger charge is 2.21. The second-order valence-corrected chi connectivity index (χ2v) is 3.25. The molecule has 0 aliphatic rings. The number of hydrogen-bond donors (Lipinski definition) is 0. The number of carbonyl (C=O) groups excluding carboxylic acids is 1. The van der Waals surface area contributed by atoms with E-state index in [9.17, 15) is 13.6 Å². The molecule has 0 radical (unpaired) electrons. The Hall–Kier alpha value is -2.23. The standard InChI is InChI=1S/C11H10F2N2O3/c1-17-9(16)4-8-7(10(12)13)3-6(5-14)11(15-8)18-2/h3,10H,4H2,1-2H3. The van der Waals surface area contributed by atoms with E-state index in [4.69, 9.17) is 10.00 Å². The summed E-state index contributed by atoms with van der Waals surface area (Å²) in [5, 5.41) is 8.77. The molecule has 7 heteroatoms.